The van der Waals surface area contributed by atoms with Crippen LogP contribution in [0.2, 0.25) is 0 Å². The van der Waals surface area contributed by atoms with Crippen LogP contribution in [-0.2, 0) is 6.54 Å². The van der Waals surface area contributed by atoms with Crippen LogP contribution in [0, 0.1) is 0 Å². The fourth-order valence-electron chi connectivity index (χ4n) is 4.45. The Balaban J connectivity index is 1.24. The van der Waals surface area contributed by atoms with Crippen molar-refractivity contribution < 1.29 is 4.79 Å². The number of carbonyl (C=O) groups excluding carboxylic acids is 1. The minimum Gasteiger partial charge on any atom is -0.383 e. The molecule has 0 unspecified atom stereocenters. The lowest BCUT2D eigenvalue weighted by molar-refractivity contribution is 0.0626. The highest BCUT2D eigenvalue weighted by Gasteiger charge is 2.27. The number of hydrogen-bond acceptors (Lipinski definition) is 7. The molecule has 0 bridgehead atoms. The molecule has 2 N–H and O–H groups in total. The number of nitrogen functional groups attached to an aromatic ring is 1. The van der Waals surface area contributed by atoms with Crippen LogP contribution in [0.5, 0.6) is 0 Å². The van der Waals surface area contributed by atoms with Gasteiger partial charge in [-0.3, -0.25) is 9.69 Å². The third kappa shape index (κ3) is 4.03. The quantitative estimate of drug-likeness (QED) is 0.695. The van der Waals surface area contributed by atoms with E-state index in [1.165, 1.54) is 0 Å². The SMILES string of the molecule is Nc1nc(CN2CCN(C(=O)c3cccnc3N3CCCC3)CC2)nc2ccccc12. The van der Waals surface area contributed by atoms with Crippen LogP contribution in [-0.4, -0.2) is 69.9 Å². The summed E-state index contributed by atoms with van der Waals surface area (Å²) in [7, 11) is 0. The first-order chi connectivity index (χ1) is 15.2. The highest BCUT2D eigenvalue weighted by molar-refractivity contribution is 5.99. The lowest BCUT2D eigenvalue weighted by atomic mass is 10.2. The number of nitrogens with zero attached hydrogens (tertiary/aromatic N) is 6. The molecule has 0 aliphatic carbocycles. The summed E-state index contributed by atoms with van der Waals surface area (Å²) < 4.78 is 0. The molecule has 3 aromatic rings. The molecule has 8 heteroatoms. The fraction of sp³-hybridized carbons (Fsp3) is 0.391. The van der Waals surface area contributed by atoms with E-state index in [1.54, 1.807) is 6.20 Å². The number of para-hydroxylation sites is 1. The van der Waals surface area contributed by atoms with Gasteiger partial charge >= 0.3 is 0 Å². The number of amides is 1. The van der Waals surface area contributed by atoms with Crippen molar-refractivity contribution in [3.63, 3.8) is 0 Å². The van der Waals surface area contributed by atoms with E-state index in [1.807, 2.05) is 41.3 Å². The van der Waals surface area contributed by atoms with Crippen LogP contribution in [0.4, 0.5) is 11.6 Å². The molecule has 31 heavy (non-hydrogen) atoms. The number of benzene rings is 1. The largest absolute Gasteiger partial charge is 0.383 e. The molecule has 0 atom stereocenters. The molecule has 160 valence electrons. The van der Waals surface area contributed by atoms with Crippen LogP contribution < -0.4 is 10.6 Å². The van der Waals surface area contributed by atoms with Gasteiger partial charge in [-0.2, -0.15) is 0 Å². The summed E-state index contributed by atoms with van der Waals surface area (Å²) in [6.07, 6.45) is 4.09. The van der Waals surface area contributed by atoms with Gasteiger partial charge in [0.2, 0.25) is 0 Å². The molecular formula is C23H27N7O. The van der Waals surface area contributed by atoms with E-state index in [0.717, 1.165) is 61.6 Å². The number of pyridine rings is 1. The van der Waals surface area contributed by atoms with Crippen molar-refractivity contribution >= 4 is 28.4 Å². The van der Waals surface area contributed by atoms with Crippen molar-refractivity contribution in [1.82, 2.24) is 24.8 Å². The molecule has 0 spiro atoms. The molecule has 2 aliphatic heterocycles. The van der Waals surface area contributed by atoms with E-state index in [-0.39, 0.29) is 5.91 Å². The van der Waals surface area contributed by atoms with Gasteiger partial charge in [0.1, 0.15) is 17.5 Å². The molecule has 0 radical (unpaired) electrons. The Morgan fingerprint density at radius 1 is 0.935 bits per heavy atom. The van der Waals surface area contributed by atoms with E-state index in [2.05, 4.69) is 24.8 Å². The standard InChI is InChI=1S/C23H27N7O/c24-21-17-6-1-2-8-19(17)26-20(27-21)16-28-12-14-30(15-13-28)23(31)18-7-5-9-25-22(18)29-10-3-4-11-29/h1-2,5-9H,3-4,10-16H2,(H2,24,26,27). The van der Waals surface area contributed by atoms with Crippen LogP contribution in [0.15, 0.2) is 42.6 Å². The summed E-state index contributed by atoms with van der Waals surface area (Å²) in [6, 6.07) is 11.5. The van der Waals surface area contributed by atoms with Gasteiger partial charge in [-0.05, 0) is 37.1 Å². The van der Waals surface area contributed by atoms with Crippen molar-refractivity contribution in [2.45, 2.75) is 19.4 Å². The van der Waals surface area contributed by atoms with Crippen molar-refractivity contribution in [1.29, 1.82) is 0 Å². The van der Waals surface area contributed by atoms with E-state index >= 15 is 0 Å². The number of rotatable bonds is 4. The topological polar surface area (TPSA) is 91.5 Å². The van der Waals surface area contributed by atoms with E-state index in [4.69, 9.17) is 5.73 Å². The smallest absolute Gasteiger partial charge is 0.257 e. The Bertz CT molecular complexity index is 1090. The molecular weight excluding hydrogens is 390 g/mol. The number of carbonyl (C=O) groups is 1. The van der Waals surface area contributed by atoms with E-state index in [9.17, 15) is 4.79 Å². The molecule has 1 aromatic carbocycles. The lowest BCUT2D eigenvalue weighted by Gasteiger charge is -2.35. The zero-order valence-electron chi connectivity index (χ0n) is 17.6. The van der Waals surface area contributed by atoms with Crippen molar-refractivity contribution in [2.75, 3.05) is 49.9 Å². The Kier molecular flexibility index (Phi) is 5.38. The van der Waals surface area contributed by atoms with Gasteiger partial charge in [0, 0.05) is 50.9 Å². The van der Waals surface area contributed by atoms with Crippen LogP contribution in [0.1, 0.15) is 29.0 Å². The highest BCUT2D eigenvalue weighted by atomic mass is 16.2. The molecule has 0 saturated carbocycles. The van der Waals surface area contributed by atoms with Crippen molar-refractivity contribution in [2.24, 2.45) is 0 Å². The zero-order valence-corrected chi connectivity index (χ0v) is 17.6. The predicted molar refractivity (Wildman–Crippen MR) is 121 cm³/mol. The Morgan fingerprint density at radius 3 is 2.52 bits per heavy atom. The molecule has 2 fully saturated rings. The minimum atomic E-state index is 0.0702. The number of piperazine rings is 1. The first-order valence-corrected chi connectivity index (χ1v) is 10.9. The molecule has 5 rings (SSSR count). The maximum Gasteiger partial charge on any atom is 0.257 e. The van der Waals surface area contributed by atoms with Gasteiger partial charge < -0.3 is 15.5 Å². The summed E-state index contributed by atoms with van der Waals surface area (Å²) in [5.74, 6) is 2.13. The number of aromatic nitrogens is 3. The number of hydrogen-bond donors (Lipinski definition) is 1. The second-order valence-corrected chi connectivity index (χ2v) is 8.18. The van der Waals surface area contributed by atoms with Crippen LogP contribution >= 0.6 is 0 Å². The second-order valence-electron chi connectivity index (χ2n) is 8.18. The summed E-state index contributed by atoms with van der Waals surface area (Å²) >= 11 is 0. The third-order valence-electron chi connectivity index (χ3n) is 6.13. The minimum absolute atomic E-state index is 0.0702. The van der Waals surface area contributed by atoms with Crippen molar-refractivity contribution in [3.05, 3.63) is 54.0 Å². The summed E-state index contributed by atoms with van der Waals surface area (Å²) in [5.41, 5.74) is 7.70. The fourth-order valence-corrected chi connectivity index (χ4v) is 4.45. The van der Waals surface area contributed by atoms with Gasteiger partial charge in [0.25, 0.3) is 5.91 Å². The first kappa shape index (κ1) is 19.7. The average Bonchev–Trinajstić information content (AvgIpc) is 3.34. The summed E-state index contributed by atoms with van der Waals surface area (Å²) in [5, 5.41) is 0.881. The molecule has 1 amide bonds. The number of fused-ring (bicyclic) bond motifs is 1. The molecule has 2 aliphatic rings. The monoisotopic (exact) mass is 417 g/mol. The van der Waals surface area contributed by atoms with Gasteiger partial charge in [0.15, 0.2) is 0 Å². The van der Waals surface area contributed by atoms with E-state index in [0.29, 0.717) is 31.0 Å². The van der Waals surface area contributed by atoms with Gasteiger partial charge in [-0.25, -0.2) is 15.0 Å². The number of nitrogens with two attached hydrogens (primary N) is 1. The molecule has 4 heterocycles. The third-order valence-corrected chi connectivity index (χ3v) is 6.13. The maximum atomic E-state index is 13.2. The Labute approximate surface area is 181 Å². The average molecular weight is 418 g/mol. The normalized spacial score (nSPS) is 17.4. The lowest BCUT2D eigenvalue weighted by Crippen LogP contribution is -2.48. The summed E-state index contributed by atoms with van der Waals surface area (Å²) in [4.78, 5) is 33.3. The molecule has 2 aromatic heterocycles. The highest BCUT2D eigenvalue weighted by Crippen LogP contribution is 2.24. The molecule has 2 saturated heterocycles. The second kappa shape index (κ2) is 8.47. The van der Waals surface area contributed by atoms with Crippen LogP contribution in [0.25, 0.3) is 10.9 Å². The first-order valence-electron chi connectivity index (χ1n) is 10.9. The number of anilines is 2. The van der Waals surface area contributed by atoms with Gasteiger partial charge in [0.05, 0.1) is 17.6 Å². The molecule has 8 nitrogen and oxygen atoms in total. The maximum absolute atomic E-state index is 13.2. The predicted octanol–water partition coefficient (Wildman–Crippen LogP) is 2.17. The summed E-state index contributed by atoms with van der Waals surface area (Å²) in [6.45, 7) is 5.48. The van der Waals surface area contributed by atoms with Crippen LogP contribution in [0.3, 0.4) is 0 Å². The van der Waals surface area contributed by atoms with E-state index < -0.39 is 0 Å². The van der Waals surface area contributed by atoms with Gasteiger partial charge in [-0.1, -0.05) is 12.1 Å². The zero-order chi connectivity index (χ0) is 21.2. The van der Waals surface area contributed by atoms with Crippen molar-refractivity contribution in [3.8, 4) is 0 Å². The Hall–Kier alpha value is -3.26. The van der Waals surface area contributed by atoms with Gasteiger partial charge in [-0.15, -0.1) is 0 Å². The Morgan fingerprint density at radius 2 is 1.71 bits per heavy atom.